The zero-order valence-electron chi connectivity index (χ0n) is 10.7. The number of nitrogens with zero attached hydrogens (tertiary/aromatic N) is 1. The second-order valence-corrected chi connectivity index (χ2v) is 3.85. The summed E-state index contributed by atoms with van der Waals surface area (Å²) in [7, 11) is 1.49. The Morgan fingerprint density at radius 3 is 2.67 bits per heavy atom. The van der Waals surface area contributed by atoms with Crippen LogP contribution in [0.25, 0.3) is 0 Å². The number of nitro groups is 1. The Hall–Kier alpha value is -1.82. The van der Waals surface area contributed by atoms with Gasteiger partial charge in [0.05, 0.1) is 18.1 Å². The third-order valence-electron chi connectivity index (χ3n) is 2.40. The Morgan fingerprint density at radius 2 is 2.06 bits per heavy atom. The van der Waals surface area contributed by atoms with Crippen molar-refractivity contribution in [3.8, 4) is 5.75 Å². The molecule has 0 aliphatic rings. The molecular weight excluding hydrogens is 234 g/mol. The first-order chi connectivity index (χ1) is 8.67. The van der Waals surface area contributed by atoms with Crippen molar-refractivity contribution >= 4 is 11.4 Å². The van der Waals surface area contributed by atoms with Crippen LogP contribution in [0.4, 0.5) is 11.4 Å². The molecule has 0 saturated carbocycles. The van der Waals surface area contributed by atoms with Crippen molar-refractivity contribution in [1.82, 2.24) is 5.32 Å². The normalized spacial score (nSPS) is 10.1. The molecule has 18 heavy (non-hydrogen) atoms. The van der Waals surface area contributed by atoms with Gasteiger partial charge in [-0.05, 0) is 13.0 Å². The van der Waals surface area contributed by atoms with Crippen molar-refractivity contribution in [3.05, 3.63) is 28.3 Å². The molecule has 0 amide bonds. The minimum absolute atomic E-state index is 0.0263. The molecule has 6 nitrogen and oxygen atoms in total. The van der Waals surface area contributed by atoms with Crippen LogP contribution >= 0.6 is 0 Å². The van der Waals surface area contributed by atoms with E-state index in [-0.39, 0.29) is 5.69 Å². The first kappa shape index (κ1) is 14.2. The highest BCUT2D eigenvalue weighted by molar-refractivity contribution is 5.56. The third-order valence-corrected chi connectivity index (χ3v) is 2.40. The molecule has 0 bridgehead atoms. The Kier molecular flexibility index (Phi) is 5.93. The molecule has 6 heteroatoms. The van der Waals surface area contributed by atoms with E-state index in [0.29, 0.717) is 18.0 Å². The molecule has 0 aliphatic heterocycles. The first-order valence-electron chi connectivity index (χ1n) is 5.95. The molecule has 0 saturated heterocycles. The van der Waals surface area contributed by atoms with E-state index in [2.05, 4.69) is 17.6 Å². The van der Waals surface area contributed by atoms with E-state index < -0.39 is 4.92 Å². The van der Waals surface area contributed by atoms with E-state index in [4.69, 9.17) is 4.74 Å². The lowest BCUT2D eigenvalue weighted by atomic mass is 10.2. The molecule has 100 valence electrons. The number of rotatable bonds is 8. The largest absolute Gasteiger partial charge is 0.496 e. The van der Waals surface area contributed by atoms with Crippen molar-refractivity contribution < 1.29 is 9.66 Å². The van der Waals surface area contributed by atoms with Crippen LogP contribution in [0.15, 0.2) is 18.2 Å². The fraction of sp³-hybridized carbons (Fsp3) is 0.500. The number of nitro benzene ring substituents is 1. The molecule has 2 N–H and O–H groups in total. The zero-order valence-corrected chi connectivity index (χ0v) is 10.7. The average molecular weight is 253 g/mol. The van der Waals surface area contributed by atoms with Crippen LogP contribution in [0.3, 0.4) is 0 Å². The van der Waals surface area contributed by atoms with Gasteiger partial charge in [-0.1, -0.05) is 6.92 Å². The van der Waals surface area contributed by atoms with Gasteiger partial charge in [-0.15, -0.1) is 0 Å². The molecule has 0 heterocycles. The Labute approximate surface area is 106 Å². The first-order valence-corrected chi connectivity index (χ1v) is 5.95. The Morgan fingerprint density at radius 1 is 1.28 bits per heavy atom. The van der Waals surface area contributed by atoms with Crippen molar-refractivity contribution in [2.24, 2.45) is 0 Å². The Balaban J connectivity index is 2.58. The van der Waals surface area contributed by atoms with Gasteiger partial charge in [-0.2, -0.15) is 0 Å². The standard InChI is InChI=1S/C12H19N3O3/c1-3-4-13-5-6-14-10-7-11(15(16)17)9-12(8-10)18-2/h7-9,13-14H,3-6H2,1-2H3. The van der Waals surface area contributed by atoms with Gasteiger partial charge in [-0.3, -0.25) is 10.1 Å². The van der Waals surface area contributed by atoms with E-state index in [1.807, 2.05) is 0 Å². The van der Waals surface area contributed by atoms with Crippen LogP contribution < -0.4 is 15.4 Å². The molecule has 1 rings (SSSR count). The van der Waals surface area contributed by atoms with Crippen molar-refractivity contribution in [3.63, 3.8) is 0 Å². The van der Waals surface area contributed by atoms with Gasteiger partial charge < -0.3 is 15.4 Å². The lowest BCUT2D eigenvalue weighted by molar-refractivity contribution is -0.384. The van der Waals surface area contributed by atoms with Crippen LogP contribution in [0.2, 0.25) is 0 Å². The number of ether oxygens (including phenoxy) is 1. The quantitative estimate of drug-likeness (QED) is 0.421. The van der Waals surface area contributed by atoms with Crippen molar-refractivity contribution in [1.29, 1.82) is 0 Å². The lowest BCUT2D eigenvalue weighted by Gasteiger charge is -2.08. The van der Waals surface area contributed by atoms with Crippen LogP contribution in [0, 0.1) is 10.1 Å². The van der Waals surface area contributed by atoms with E-state index in [9.17, 15) is 10.1 Å². The number of anilines is 1. The number of nitrogens with one attached hydrogen (secondary N) is 2. The predicted molar refractivity (Wildman–Crippen MR) is 71.3 cm³/mol. The van der Waals surface area contributed by atoms with Gasteiger partial charge in [0.25, 0.3) is 5.69 Å². The van der Waals surface area contributed by atoms with Gasteiger partial charge in [0, 0.05) is 30.9 Å². The summed E-state index contributed by atoms with van der Waals surface area (Å²) in [6.07, 6.45) is 1.09. The number of hydrogen-bond acceptors (Lipinski definition) is 5. The van der Waals surface area contributed by atoms with E-state index in [1.54, 1.807) is 6.07 Å². The lowest BCUT2D eigenvalue weighted by Crippen LogP contribution is -2.22. The van der Waals surface area contributed by atoms with Gasteiger partial charge in [0.2, 0.25) is 0 Å². The van der Waals surface area contributed by atoms with Crippen molar-refractivity contribution in [2.45, 2.75) is 13.3 Å². The fourth-order valence-corrected chi connectivity index (χ4v) is 1.51. The van der Waals surface area contributed by atoms with E-state index >= 15 is 0 Å². The Bertz CT molecular complexity index is 396. The molecular formula is C12H19N3O3. The van der Waals surface area contributed by atoms with Gasteiger partial charge in [-0.25, -0.2) is 0 Å². The summed E-state index contributed by atoms with van der Waals surface area (Å²) in [5, 5.41) is 17.1. The average Bonchev–Trinajstić information content (AvgIpc) is 2.38. The molecule has 0 fully saturated rings. The summed E-state index contributed by atoms with van der Waals surface area (Å²) in [6, 6.07) is 4.65. The molecule has 1 aromatic carbocycles. The van der Waals surface area contributed by atoms with Crippen LogP contribution in [0.5, 0.6) is 5.75 Å². The van der Waals surface area contributed by atoms with Gasteiger partial charge in [0.15, 0.2) is 0 Å². The summed E-state index contributed by atoms with van der Waals surface area (Å²) in [5.41, 5.74) is 0.720. The summed E-state index contributed by atoms with van der Waals surface area (Å²) in [4.78, 5) is 10.3. The predicted octanol–water partition coefficient (Wildman–Crippen LogP) is 2.01. The van der Waals surface area contributed by atoms with Crippen LogP contribution in [-0.4, -0.2) is 31.7 Å². The maximum absolute atomic E-state index is 10.7. The SMILES string of the molecule is CCCNCCNc1cc(OC)cc([N+](=O)[O-])c1. The van der Waals surface area contributed by atoms with Crippen LogP contribution in [0.1, 0.15) is 13.3 Å². The molecule has 0 aromatic heterocycles. The second kappa shape index (κ2) is 7.50. The zero-order chi connectivity index (χ0) is 13.4. The fourth-order valence-electron chi connectivity index (χ4n) is 1.51. The van der Waals surface area contributed by atoms with Gasteiger partial charge in [0.1, 0.15) is 5.75 Å². The molecule has 0 atom stereocenters. The maximum atomic E-state index is 10.7. The van der Waals surface area contributed by atoms with E-state index in [0.717, 1.165) is 19.5 Å². The summed E-state index contributed by atoms with van der Waals surface area (Å²) in [6.45, 7) is 4.61. The number of methoxy groups -OCH3 is 1. The molecule has 0 aliphatic carbocycles. The summed E-state index contributed by atoms with van der Waals surface area (Å²) in [5.74, 6) is 0.480. The minimum Gasteiger partial charge on any atom is -0.496 e. The number of hydrogen-bond donors (Lipinski definition) is 2. The topological polar surface area (TPSA) is 76.4 Å². The summed E-state index contributed by atoms with van der Waals surface area (Å²) < 4.78 is 5.03. The van der Waals surface area contributed by atoms with Crippen molar-refractivity contribution in [2.75, 3.05) is 32.1 Å². The molecule has 0 radical (unpaired) electrons. The molecule has 1 aromatic rings. The van der Waals surface area contributed by atoms with Gasteiger partial charge >= 0.3 is 0 Å². The highest BCUT2D eigenvalue weighted by atomic mass is 16.6. The smallest absolute Gasteiger partial charge is 0.275 e. The highest BCUT2D eigenvalue weighted by Crippen LogP contribution is 2.25. The monoisotopic (exact) mass is 253 g/mol. The summed E-state index contributed by atoms with van der Waals surface area (Å²) >= 11 is 0. The third kappa shape index (κ3) is 4.58. The van der Waals surface area contributed by atoms with E-state index in [1.165, 1.54) is 19.2 Å². The second-order valence-electron chi connectivity index (χ2n) is 3.85. The maximum Gasteiger partial charge on any atom is 0.275 e. The minimum atomic E-state index is -0.428. The van der Waals surface area contributed by atoms with Crippen LogP contribution in [-0.2, 0) is 0 Å². The number of non-ortho nitro benzene ring substituents is 1. The highest BCUT2D eigenvalue weighted by Gasteiger charge is 2.09. The molecule has 0 spiro atoms. The molecule has 0 unspecified atom stereocenters. The number of benzene rings is 1.